The van der Waals surface area contributed by atoms with Gasteiger partial charge in [-0.15, -0.1) is 0 Å². The largest absolute Gasteiger partial charge is 0.328 e. The van der Waals surface area contributed by atoms with Gasteiger partial charge in [-0.3, -0.25) is 0 Å². The van der Waals surface area contributed by atoms with E-state index in [0.717, 1.165) is 5.92 Å². The van der Waals surface area contributed by atoms with Crippen molar-refractivity contribution >= 4 is 0 Å². The highest BCUT2D eigenvalue weighted by molar-refractivity contribution is 4.84. The molecule has 1 nitrogen and oxygen atoms in total. The van der Waals surface area contributed by atoms with Gasteiger partial charge in [0.2, 0.25) is 0 Å². The molecule has 0 radical (unpaired) electrons. The van der Waals surface area contributed by atoms with E-state index in [2.05, 4.69) is 20.8 Å². The van der Waals surface area contributed by atoms with Crippen LogP contribution in [0.15, 0.2) is 0 Å². The van der Waals surface area contributed by atoms with E-state index in [0.29, 0.717) is 11.5 Å². The van der Waals surface area contributed by atoms with Gasteiger partial charge in [0.25, 0.3) is 0 Å². The van der Waals surface area contributed by atoms with Crippen LogP contribution in [0.2, 0.25) is 0 Å². The zero-order valence-electron chi connectivity index (χ0n) is 7.35. The monoisotopic (exact) mass is 141 g/mol. The second-order valence-corrected chi connectivity index (χ2v) is 4.64. The maximum absolute atomic E-state index is 5.82. The molecule has 2 N–H and O–H groups in total. The average molecular weight is 141 g/mol. The maximum atomic E-state index is 5.82. The Morgan fingerprint density at radius 3 is 2.00 bits per heavy atom. The smallest absolute Gasteiger partial charge is 0.00417 e. The lowest BCUT2D eigenvalue weighted by molar-refractivity contribution is 0.244. The van der Waals surface area contributed by atoms with Gasteiger partial charge in [-0.1, -0.05) is 20.8 Å². The molecule has 1 aliphatic rings. The molecule has 1 aliphatic carbocycles. The summed E-state index contributed by atoms with van der Waals surface area (Å²) in [6, 6.07) is 0.490. The van der Waals surface area contributed by atoms with Crippen molar-refractivity contribution in [3.63, 3.8) is 0 Å². The number of nitrogens with two attached hydrogens (primary N) is 1. The molecule has 0 aromatic carbocycles. The van der Waals surface area contributed by atoms with Gasteiger partial charge in [0.05, 0.1) is 0 Å². The molecule has 1 heteroatoms. The van der Waals surface area contributed by atoms with Gasteiger partial charge in [-0.05, 0) is 30.6 Å². The predicted molar refractivity (Wildman–Crippen MR) is 44.8 cm³/mol. The average Bonchev–Trinajstić information content (AvgIpc) is 2.11. The molecule has 60 valence electrons. The molecule has 0 saturated heterocycles. The minimum absolute atomic E-state index is 0.480. The van der Waals surface area contributed by atoms with E-state index in [4.69, 9.17) is 5.73 Å². The van der Waals surface area contributed by atoms with E-state index < -0.39 is 0 Å². The molecule has 1 saturated carbocycles. The first-order valence-electron chi connectivity index (χ1n) is 4.26. The fourth-order valence-corrected chi connectivity index (χ4v) is 1.80. The van der Waals surface area contributed by atoms with Crippen LogP contribution in [0.3, 0.4) is 0 Å². The van der Waals surface area contributed by atoms with Crippen molar-refractivity contribution in [3.05, 3.63) is 0 Å². The summed E-state index contributed by atoms with van der Waals surface area (Å²) in [4.78, 5) is 0. The maximum Gasteiger partial charge on any atom is 0.00417 e. The Morgan fingerprint density at radius 1 is 1.20 bits per heavy atom. The molecule has 0 unspecified atom stereocenters. The van der Waals surface area contributed by atoms with Crippen molar-refractivity contribution < 1.29 is 0 Å². The zero-order valence-corrected chi connectivity index (χ0v) is 7.35. The summed E-state index contributed by atoms with van der Waals surface area (Å²) in [5.41, 5.74) is 6.30. The van der Waals surface area contributed by atoms with E-state index in [1.165, 1.54) is 19.3 Å². The topological polar surface area (TPSA) is 26.0 Å². The van der Waals surface area contributed by atoms with E-state index in [9.17, 15) is 0 Å². The Balaban J connectivity index is 2.45. The SMILES string of the molecule is CC(C)(C)[C@@H]1CC[C@H](N)C1. The van der Waals surface area contributed by atoms with Gasteiger partial charge >= 0.3 is 0 Å². The fourth-order valence-electron chi connectivity index (χ4n) is 1.80. The standard InChI is InChI=1S/C9H19N/c1-9(2,3)7-4-5-8(10)6-7/h7-8H,4-6,10H2,1-3H3/t7-,8+/m1/s1. The molecule has 0 aromatic heterocycles. The molecular formula is C9H19N. The number of hydrogen-bond acceptors (Lipinski definition) is 1. The van der Waals surface area contributed by atoms with Crippen molar-refractivity contribution in [1.82, 2.24) is 0 Å². The van der Waals surface area contributed by atoms with Crippen LogP contribution in [0.25, 0.3) is 0 Å². The predicted octanol–water partition coefficient (Wildman–Crippen LogP) is 2.16. The number of hydrogen-bond donors (Lipinski definition) is 1. The molecule has 2 atom stereocenters. The molecule has 0 spiro atoms. The molecule has 0 aromatic rings. The molecular weight excluding hydrogens is 122 g/mol. The summed E-state index contributed by atoms with van der Waals surface area (Å²) in [6.45, 7) is 6.95. The molecule has 0 aliphatic heterocycles. The second kappa shape index (κ2) is 2.54. The Kier molecular flexibility index (Phi) is 2.04. The lowest BCUT2D eigenvalue weighted by atomic mass is 9.80. The van der Waals surface area contributed by atoms with Gasteiger partial charge in [0.15, 0.2) is 0 Å². The Morgan fingerprint density at radius 2 is 1.80 bits per heavy atom. The Bertz CT molecular complexity index is 112. The van der Waals surface area contributed by atoms with E-state index in [1.54, 1.807) is 0 Å². The van der Waals surface area contributed by atoms with Crippen LogP contribution in [0.4, 0.5) is 0 Å². The highest BCUT2D eigenvalue weighted by atomic mass is 14.7. The summed E-state index contributed by atoms with van der Waals surface area (Å²) >= 11 is 0. The molecule has 1 rings (SSSR count). The van der Waals surface area contributed by atoms with Crippen LogP contribution >= 0.6 is 0 Å². The molecule has 1 fully saturated rings. The lowest BCUT2D eigenvalue weighted by Crippen LogP contribution is -2.21. The highest BCUT2D eigenvalue weighted by Crippen LogP contribution is 2.38. The Labute approximate surface area is 64.0 Å². The van der Waals surface area contributed by atoms with E-state index >= 15 is 0 Å². The van der Waals surface area contributed by atoms with E-state index in [1.807, 2.05) is 0 Å². The third-order valence-electron chi connectivity index (χ3n) is 2.70. The minimum atomic E-state index is 0.480. The van der Waals surface area contributed by atoms with Gasteiger partial charge in [-0.25, -0.2) is 0 Å². The van der Waals surface area contributed by atoms with Crippen molar-refractivity contribution in [2.24, 2.45) is 17.1 Å². The normalized spacial score (nSPS) is 34.8. The lowest BCUT2D eigenvalue weighted by Gasteiger charge is -2.26. The van der Waals surface area contributed by atoms with Gasteiger partial charge in [0.1, 0.15) is 0 Å². The van der Waals surface area contributed by atoms with Gasteiger partial charge in [-0.2, -0.15) is 0 Å². The first-order chi connectivity index (χ1) is 4.50. The first kappa shape index (κ1) is 8.06. The third kappa shape index (κ3) is 1.72. The highest BCUT2D eigenvalue weighted by Gasteiger charge is 2.30. The zero-order chi connectivity index (χ0) is 7.78. The molecule has 0 bridgehead atoms. The van der Waals surface area contributed by atoms with Gasteiger partial charge in [0, 0.05) is 6.04 Å². The van der Waals surface area contributed by atoms with E-state index in [-0.39, 0.29) is 0 Å². The summed E-state index contributed by atoms with van der Waals surface area (Å²) in [6.07, 6.45) is 3.82. The van der Waals surface area contributed by atoms with Crippen LogP contribution in [0.1, 0.15) is 40.0 Å². The minimum Gasteiger partial charge on any atom is -0.328 e. The molecule has 0 amide bonds. The van der Waals surface area contributed by atoms with Crippen molar-refractivity contribution in [2.75, 3.05) is 0 Å². The third-order valence-corrected chi connectivity index (χ3v) is 2.70. The summed E-state index contributed by atoms with van der Waals surface area (Å²) in [5.74, 6) is 0.863. The first-order valence-corrected chi connectivity index (χ1v) is 4.26. The molecule has 10 heavy (non-hydrogen) atoms. The van der Waals surface area contributed by atoms with Crippen molar-refractivity contribution in [3.8, 4) is 0 Å². The van der Waals surface area contributed by atoms with Crippen molar-refractivity contribution in [1.29, 1.82) is 0 Å². The van der Waals surface area contributed by atoms with Crippen LogP contribution in [0.5, 0.6) is 0 Å². The Hall–Kier alpha value is -0.0400. The van der Waals surface area contributed by atoms with Gasteiger partial charge < -0.3 is 5.73 Å². The summed E-state index contributed by atoms with van der Waals surface area (Å²) < 4.78 is 0. The summed E-state index contributed by atoms with van der Waals surface area (Å²) in [5, 5.41) is 0. The number of rotatable bonds is 0. The second-order valence-electron chi connectivity index (χ2n) is 4.64. The van der Waals surface area contributed by atoms with Crippen LogP contribution < -0.4 is 5.73 Å². The fraction of sp³-hybridized carbons (Fsp3) is 1.00. The molecule has 0 heterocycles. The van der Waals surface area contributed by atoms with Crippen LogP contribution in [0, 0.1) is 11.3 Å². The quantitative estimate of drug-likeness (QED) is 0.549. The van der Waals surface area contributed by atoms with Crippen LogP contribution in [-0.2, 0) is 0 Å². The van der Waals surface area contributed by atoms with Crippen molar-refractivity contribution in [2.45, 2.75) is 46.1 Å². The van der Waals surface area contributed by atoms with Crippen LogP contribution in [-0.4, -0.2) is 6.04 Å². The summed E-state index contributed by atoms with van der Waals surface area (Å²) in [7, 11) is 0.